The van der Waals surface area contributed by atoms with E-state index in [2.05, 4.69) is 9.39 Å². The molecule has 0 saturated carbocycles. The Bertz CT molecular complexity index is 822. The van der Waals surface area contributed by atoms with E-state index >= 15 is 0 Å². The largest absolute Gasteiger partial charge is 0.462 e. The van der Waals surface area contributed by atoms with Crippen LogP contribution in [0.3, 0.4) is 0 Å². The van der Waals surface area contributed by atoms with Crippen LogP contribution in [0.4, 0.5) is 0 Å². The third-order valence-corrected chi connectivity index (χ3v) is 6.88. The number of hydrogen-bond acceptors (Lipinski definition) is 5. The molecule has 1 aliphatic heterocycles. The summed E-state index contributed by atoms with van der Waals surface area (Å²) in [6, 6.07) is 7.70. The highest BCUT2D eigenvalue weighted by Crippen LogP contribution is 2.39. The Balaban J connectivity index is 1.97. The monoisotopic (exact) mass is 439 g/mol. The zero-order valence-corrected chi connectivity index (χ0v) is 19.5. The lowest BCUT2D eigenvalue weighted by atomic mass is 9.82. The van der Waals surface area contributed by atoms with Gasteiger partial charge < -0.3 is 9.41 Å². The van der Waals surface area contributed by atoms with E-state index in [1.54, 1.807) is 18.7 Å². The smallest absolute Gasteiger partial charge is 0.336 e. The number of nitrogens with zero attached hydrogens (tertiary/aromatic N) is 1. The van der Waals surface area contributed by atoms with Gasteiger partial charge in [0.2, 0.25) is 0 Å². The molecule has 152 valence electrons. The highest BCUT2D eigenvalue weighted by Gasteiger charge is 2.35. The van der Waals surface area contributed by atoms with Gasteiger partial charge >= 0.3 is 5.97 Å². The summed E-state index contributed by atoms with van der Waals surface area (Å²) in [5.74, 6) is 0.266. The minimum Gasteiger partial charge on any atom is -0.462 e. The van der Waals surface area contributed by atoms with Gasteiger partial charge in [0, 0.05) is 38.6 Å². The van der Waals surface area contributed by atoms with Crippen molar-refractivity contribution in [3.05, 3.63) is 51.8 Å². The first-order valence-corrected chi connectivity index (χ1v) is 11.2. The molecule has 0 aromatic heterocycles. The molecule has 2 unspecified atom stereocenters. The number of allylic oxidation sites excluding steroid dienone is 3. The van der Waals surface area contributed by atoms with Gasteiger partial charge in [-0.3, -0.25) is 4.79 Å². The molecular weight excluding hydrogens is 413 g/mol. The summed E-state index contributed by atoms with van der Waals surface area (Å²) in [6.07, 6.45) is 1.42. The number of thioether (sulfide) groups is 1. The predicted octanol–water partition coefficient (Wildman–Crippen LogP) is 5.63. The van der Waals surface area contributed by atoms with E-state index in [0.29, 0.717) is 29.2 Å². The Labute approximate surface area is 179 Å². The van der Waals surface area contributed by atoms with Crippen molar-refractivity contribution in [1.29, 1.82) is 0 Å². The number of rotatable bonds is 8. The lowest BCUT2D eigenvalue weighted by molar-refractivity contribution is -0.139. The van der Waals surface area contributed by atoms with Crippen LogP contribution >= 0.6 is 32.8 Å². The van der Waals surface area contributed by atoms with Gasteiger partial charge in [0.25, 0.3) is 0 Å². The van der Waals surface area contributed by atoms with Gasteiger partial charge in [0.15, 0.2) is 5.78 Å². The number of hydrogen-bond donors (Lipinski definition) is 0. The van der Waals surface area contributed by atoms with E-state index in [1.165, 1.54) is 0 Å². The Morgan fingerprint density at radius 2 is 1.93 bits per heavy atom. The molecule has 2 rings (SSSR count). The van der Waals surface area contributed by atoms with Crippen LogP contribution in [-0.4, -0.2) is 28.8 Å². The summed E-state index contributed by atoms with van der Waals surface area (Å²) < 4.78 is 7.38. The molecule has 0 amide bonds. The molecule has 1 aromatic carbocycles. The standard InChI is InChI=1S/C21H27ClNO3PS/c1-5-18-19(15(4)24)13(2)23(27)14(3)20(18)21(25)26-10-7-11-28-17-9-6-8-16(22)12-17/h6,8-9,12,18H,5,7,10-11,27H2,1-4H3. The predicted molar refractivity (Wildman–Crippen MR) is 119 cm³/mol. The van der Waals surface area contributed by atoms with Gasteiger partial charge in [-0.15, -0.1) is 11.8 Å². The highest BCUT2D eigenvalue weighted by molar-refractivity contribution is 7.99. The van der Waals surface area contributed by atoms with Crippen molar-refractivity contribution in [2.24, 2.45) is 5.92 Å². The van der Waals surface area contributed by atoms with Crippen LogP contribution in [-0.2, 0) is 14.3 Å². The van der Waals surface area contributed by atoms with Crippen LogP contribution in [0.25, 0.3) is 0 Å². The average molecular weight is 440 g/mol. The SMILES string of the molecule is CCC1C(C(C)=O)=C(C)N(P)C(C)=C1C(=O)OCCCSc1cccc(Cl)c1. The maximum Gasteiger partial charge on any atom is 0.336 e. The third-order valence-electron chi connectivity index (χ3n) is 4.79. The first-order chi connectivity index (χ1) is 13.3. The van der Waals surface area contributed by atoms with Gasteiger partial charge in [0.1, 0.15) is 0 Å². The molecular formula is C21H27ClNO3PS. The summed E-state index contributed by atoms with van der Waals surface area (Å²) >= 11 is 7.67. The van der Waals surface area contributed by atoms with Crippen LogP contribution in [0.1, 0.15) is 40.5 Å². The number of esters is 1. The van der Waals surface area contributed by atoms with Crippen molar-refractivity contribution >= 4 is 44.5 Å². The fraction of sp³-hybridized carbons (Fsp3) is 0.429. The Kier molecular flexibility index (Phi) is 8.60. The molecule has 0 radical (unpaired) electrons. The summed E-state index contributed by atoms with van der Waals surface area (Å²) in [4.78, 5) is 26.1. The Hall–Kier alpha value is -1.29. The minimum absolute atomic E-state index is 0.00692. The van der Waals surface area contributed by atoms with E-state index in [4.69, 9.17) is 16.3 Å². The normalized spacial score (nSPS) is 17.2. The number of halogens is 1. The van der Waals surface area contributed by atoms with Gasteiger partial charge in [-0.25, -0.2) is 4.79 Å². The number of benzene rings is 1. The van der Waals surface area contributed by atoms with E-state index in [0.717, 1.165) is 28.5 Å². The Morgan fingerprint density at radius 1 is 1.25 bits per heavy atom. The van der Waals surface area contributed by atoms with Crippen LogP contribution in [0.15, 0.2) is 51.7 Å². The lowest BCUT2D eigenvalue weighted by Gasteiger charge is -2.35. The van der Waals surface area contributed by atoms with Gasteiger partial charge in [-0.1, -0.05) is 24.6 Å². The van der Waals surface area contributed by atoms with Crippen LogP contribution in [0.2, 0.25) is 5.02 Å². The van der Waals surface area contributed by atoms with Crippen molar-refractivity contribution in [1.82, 2.24) is 4.67 Å². The van der Waals surface area contributed by atoms with Crippen LogP contribution in [0, 0.1) is 5.92 Å². The second-order valence-corrected chi connectivity index (χ2v) is 8.80. The third kappa shape index (κ3) is 5.40. The Morgan fingerprint density at radius 3 is 2.54 bits per heavy atom. The van der Waals surface area contributed by atoms with Gasteiger partial charge in [0.05, 0.1) is 12.2 Å². The summed E-state index contributed by atoms with van der Waals surface area (Å²) in [5, 5.41) is 0.716. The maximum absolute atomic E-state index is 12.8. The molecule has 4 nitrogen and oxygen atoms in total. The molecule has 0 aliphatic carbocycles. The first kappa shape index (κ1) is 23.0. The quantitative estimate of drug-likeness (QED) is 0.227. The minimum atomic E-state index is -0.337. The molecule has 0 N–H and O–H groups in total. The van der Waals surface area contributed by atoms with Crippen molar-refractivity contribution < 1.29 is 14.3 Å². The van der Waals surface area contributed by atoms with Gasteiger partial charge in [-0.05, 0) is 61.2 Å². The zero-order valence-electron chi connectivity index (χ0n) is 16.8. The molecule has 1 aromatic rings. The summed E-state index contributed by atoms with van der Waals surface area (Å²) in [5.41, 5.74) is 2.95. The summed E-state index contributed by atoms with van der Waals surface area (Å²) in [7, 11) is 2.58. The van der Waals surface area contributed by atoms with Crippen molar-refractivity contribution in [2.75, 3.05) is 12.4 Å². The number of ketones is 1. The number of carbonyl (C=O) groups is 2. The van der Waals surface area contributed by atoms with Crippen molar-refractivity contribution in [3.63, 3.8) is 0 Å². The fourth-order valence-electron chi connectivity index (χ4n) is 3.41. The number of ether oxygens (including phenoxy) is 1. The molecule has 2 atom stereocenters. The van der Waals surface area contributed by atoms with Crippen molar-refractivity contribution in [2.45, 2.75) is 45.4 Å². The highest BCUT2D eigenvalue weighted by atomic mass is 35.5. The molecule has 7 heteroatoms. The van der Waals surface area contributed by atoms with E-state index < -0.39 is 0 Å². The fourth-order valence-corrected chi connectivity index (χ4v) is 4.82. The molecule has 0 fully saturated rings. The average Bonchev–Trinajstić information content (AvgIpc) is 2.65. The molecule has 28 heavy (non-hydrogen) atoms. The first-order valence-electron chi connectivity index (χ1n) is 9.30. The summed E-state index contributed by atoms with van der Waals surface area (Å²) in [6.45, 7) is 7.68. The van der Waals surface area contributed by atoms with E-state index in [1.807, 2.05) is 49.7 Å². The molecule has 0 spiro atoms. The molecule has 0 saturated heterocycles. The van der Waals surface area contributed by atoms with E-state index in [9.17, 15) is 9.59 Å². The van der Waals surface area contributed by atoms with Crippen LogP contribution in [0.5, 0.6) is 0 Å². The lowest BCUT2D eigenvalue weighted by Crippen LogP contribution is -2.31. The second kappa shape index (κ2) is 10.5. The topological polar surface area (TPSA) is 46.6 Å². The van der Waals surface area contributed by atoms with E-state index in [-0.39, 0.29) is 17.7 Å². The second-order valence-electron chi connectivity index (χ2n) is 6.68. The zero-order chi connectivity index (χ0) is 20.8. The molecule has 1 heterocycles. The molecule has 1 aliphatic rings. The number of carbonyl (C=O) groups excluding carboxylic acids is 2. The van der Waals surface area contributed by atoms with Gasteiger partial charge in [-0.2, -0.15) is 0 Å². The molecule has 0 bridgehead atoms. The van der Waals surface area contributed by atoms with Crippen LogP contribution < -0.4 is 0 Å². The number of Topliss-reactive ketones (excluding diaryl/α,β-unsaturated/α-hetero) is 1. The van der Waals surface area contributed by atoms with Crippen molar-refractivity contribution in [3.8, 4) is 0 Å². The maximum atomic E-state index is 12.8.